The van der Waals surface area contributed by atoms with E-state index in [4.69, 9.17) is 5.73 Å². The Labute approximate surface area is 129 Å². The van der Waals surface area contributed by atoms with Gasteiger partial charge in [-0.15, -0.1) is 11.3 Å². The van der Waals surface area contributed by atoms with Crippen molar-refractivity contribution in [3.63, 3.8) is 0 Å². The molecule has 114 valence electrons. The van der Waals surface area contributed by atoms with E-state index in [1.54, 1.807) is 18.6 Å². The first-order chi connectivity index (χ1) is 9.86. The minimum absolute atomic E-state index is 0.261. The zero-order chi connectivity index (χ0) is 15.6. The quantitative estimate of drug-likeness (QED) is 0.912. The number of hydrogen-bond donors (Lipinski definition) is 1. The summed E-state index contributed by atoms with van der Waals surface area (Å²) in [5.41, 5.74) is 10.6. The molecule has 1 heterocycles. The van der Waals surface area contributed by atoms with Crippen LogP contribution in [0.25, 0.3) is 0 Å². The number of hydrogen-bond acceptors (Lipinski definition) is 5. The highest BCUT2D eigenvalue weighted by molar-refractivity contribution is 7.89. The Hall–Kier alpha value is -1.28. The van der Waals surface area contributed by atoms with E-state index in [0.717, 1.165) is 22.4 Å². The molecule has 0 aliphatic rings. The van der Waals surface area contributed by atoms with Crippen LogP contribution in [0.15, 0.2) is 27.9 Å². The molecule has 0 saturated heterocycles. The lowest BCUT2D eigenvalue weighted by molar-refractivity contribution is 0.462. The zero-order valence-corrected chi connectivity index (χ0v) is 14.0. The van der Waals surface area contributed by atoms with Crippen molar-refractivity contribution in [2.45, 2.75) is 31.8 Å². The maximum Gasteiger partial charge on any atom is 0.243 e. The minimum atomic E-state index is -3.56. The molecular formula is C14H19N3O2S2. The molecule has 21 heavy (non-hydrogen) atoms. The molecule has 2 N–H and O–H groups in total. The standard InChI is InChI=1S/C14H19N3O2S2/c1-10-4-12(6-15)5-14(11(10)2)21(18,19)17(3)7-13-8-20-9-16-13/h4-5,8-9H,6-7,15H2,1-3H3. The number of benzene rings is 1. The summed E-state index contributed by atoms with van der Waals surface area (Å²) in [6.07, 6.45) is 0. The fourth-order valence-electron chi connectivity index (χ4n) is 2.08. The van der Waals surface area contributed by atoms with Crippen molar-refractivity contribution in [2.75, 3.05) is 7.05 Å². The van der Waals surface area contributed by atoms with Crippen LogP contribution in [0.2, 0.25) is 0 Å². The van der Waals surface area contributed by atoms with Crippen LogP contribution in [0.5, 0.6) is 0 Å². The van der Waals surface area contributed by atoms with Crippen LogP contribution in [0.3, 0.4) is 0 Å². The molecule has 2 aromatic rings. The maximum absolute atomic E-state index is 12.8. The van der Waals surface area contributed by atoms with Crippen LogP contribution in [-0.4, -0.2) is 24.8 Å². The van der Waals surface area contributed by atoms with E-state index in [2.05, 4.69) is 4.98 Å². The lowest BCUT2D eigenvalue weighted by Crippen LogP contribution is -2.27. The van der Waals surface area contributed by atoms with Crippen molar-refractivity contribution >= 4 is 21.4 Å². The summed E-state index contributed by atoms with van der Waals surface area (Å²) < 4.78 is 26.8. The van der Waals surface area contributed by atoms with Crippen molar-refractivity contribution < 1.29 is 8.42 Å². The van der Waals surface area contributed by atoms with E-state index in [-0.39, 0.29) is 6.54 Å². The van der Waals surface area contributed by atoms with Crippen LogP contribution in [0, 0.1) is 13.8 Å². The summed E-state index contributed by atoms with van der Waals surface area (Å²) in [5.74, 6) is 0. The van der Waals surface area contributed by atoms with Crippen LogP contribution < -0.4 is 5.73 Å². The Kier molecular flexibility index (Phi) is 4.77. The molecule has 5 nitrogen and oxygen atoms in total. The largest absolute Gasteiger partial charge is 0.326 e. The molecule has 0 saturated carbocycles. The van der Waals surface area contributed by atoms with Crippen molar-refractivity contribution in [1.82, 2.24) is 9.29 Å². The third-order valence-corrected chi connectivity index (χ3v) is 6.04. The summed E-state index contributed by atoms with van der Waals surface area (Å²) in [5, 5.41) is 1.85. The molecular weight excluding hydrogens is 306 g/mol. The maximum atomic E-state index is 12.8. The monoisotopic (exact) mass is 325 g/mol. The molecule has 0 unspecified atom stereocenters. The van der Waals surface area contributed by atoms with Crippen LogP contribution in [0.1, 0.15) is 22.4 Å². The van der Waals surface area contributed by atoms with Crippen LogP contribution >= 0.6 is 11.3 Å². The second-order valence-electron chi connectivity index (χ2n) is 4.98. The van der Waals surface area contributed by atoms with Gasteiger partial charge in [0.1, 0.15) is 0 Å². The van der Waals surface area contributed by atoms with Crippen LogP contribution in [-0.2, 0) is 23.1 Å². The van der Waals surface area contributed by atoms with Gasteiger partial charge in [-0.25, -0.2) is 13.4 Å². The second kappa shape index (κ2) is 6.23. The van der Waals surface area contributed by atoms with E-state index in [0.29, 0.717) is 11.4 Å². The topological polar surface area (TPSA) is 76.3 Å². The number of aryl methyl sites for hydroxylation is 1. The number of rotatable bonds is 5. The molecule has 0 radical (unpaired) electrons. The molecule has 1 aromatic carbocycles. The van der Waals surface area contributed by atoms with Crippen LogP contribution in [0.4, 0.5) is 0 Å². The van der Waals surface area contributed by atoms with E-state index >= 15 is 0 Å². The first kappa shape index (κ1) is 16.1. The lowest BCUT2D eigenvalue weighted by atomic mass is 10.1. The second-order valence-corrected chi connectivity index (χ2v) is 7.71. The predicted molar refractivity (Wildman–Crippen MR) is 84.6 cm³/mol. The smallest absolute Gasteiger partial charge is 0.243 e. The summed E-state index contributed by atoms with van der Waals surface area (Å²) in [6.45, 7) is 4.30. The number of sulfonamides is 1. The number of aromatic nitrogens is 1. The molecule has 7 heteroatoms. The Bertz CT molecular complexity index is 725. The van der Waals surface area contributed by atoms with Gasteiger partial charge in [-0.2, -0.15) is 4.31 Å². The van der Waals surface area contributed by atoms with Crippen molar-refractivity contribution in [3.05, 3.63) is 45.4 Å². The van der Waals surface area contributed by atoms with Gasteiger partial charge in [-0.05, 0) is 36.6 Å². The van der Waals surface area contributed by atoms with E-state index in [1.165, 1.54) is 15.6 Å². The third-order valence-electron chi connectivity index (χ3n) is 3.47. The summed E-state index contributed by atoms with van der Waals surface area (Å²) >= 11 is 1.45. The highest BCUT2D eigenvalue weighted by Gasteiger charge is 2.24. The fraction of sp³-hybridized carbons (Fsp3) is 0.357. The number of thiazole rings is 1. The van der Waals surface area contributed by atoms with Gasteiger partial charge in [-0.1, -0.05) is 6.07 Å². The molecule has 0 spiro atoms. The first-order valence-corrected chi connectivity index (χ1v) is 8.88. The number of nitrogens with two attached hydrogens (primary N) is 1. The van der Waals surface area contributed by atoms with Gasteiger partial charge >= 0.3 is 0 Å². The molecule has 1 aromatic heterocycles. The van der Waals surface area contributed by atoms with Gasteiger partial charge in [0.05, 0.1) is 22.6 Å². The average molecular weight is 325 g/mol. The van der Waals surface area contributed by atoms with Gasteiger partial charge in [0.25, 0.3) is 0 Å². The molecule has 0 amide bonds. The van der Waals surface area contributed by atoms with Gasteiger partial charge < -0.3 is 5.73 Å². The van der Waals surface area contributed by atoms with E-state index in [1.807, 2.05) is 25.3 Å². The Balaban J connectivity index is 2.41. The van der Waals surface area contributed by atoms with E-state index < -0.39 is 10.0 Å². The molecule has 0 bridgehead atoms. The van der Waals surface area contributed by atoms with Gasteiger partial charge in [-0.3, -0.25) is 0 Å². The highest BCUT2D eigenvalue weighted by atomic mass is 32.2. The zero-order valence-electron chi connectivity index (χ0n) is 12.3. The first-order valence-electron chi connectivity index (χ1n) is 6.50. The Morgan fingerprint density at radius 2 is 2.05 bits per heavy atom. The average Bonchev–Trinajstić information content (AvgIpc) is 2.94. The molecule has 2 rings (SSSR count). The summed E-state index contributed by atoms with van der Waals surface area (Å²) in [6, 6.07) is 3.59. The molecule has 0 aliphatic heterocycles. The van der Waals surface area contributed by atoms with Gasteiger partial charge in [0.15, 0.2) is 0 Å². The van der Waals surface area contributed by atoms with Gasteiger partial charge in [0, 0.05) is 19.0 Å². The Morgan fingerprint density at radius 3 is 2.62 bits per heavy atom. The van der Waals surface area contributed by atoms with Crippen molar-refractivity contribution in [1.29, 1.82) is 0 Å². The lowest BCUT2D eigenvalue weighted by Gasteiger charge is -2.19. The molecule has 0 aliphatic carbocycles. The molecule has 0 atom stereocenters. The Morgan fingerprint density at radius 1 is 1.33 bits per heavy atom. The minimum Gasteiger partial charge on any atom is -0.326 e. The summed E-state index contributed by atoms with van der Waals surface area (Å²) in [4.78, 5) is 4.45. The fourth-order valence-corrected chi connectivity index (χ4v) is 4.12. The van der Waals surface area contributed by atoms with E-state index in [9.17, 15) is 8.42 Å². The predicted octanol–water partition coefficient (Wildman–Crippen LogP) is 2.04. The normalized spacial score (nSPS) is 12.0. The SMILES string of the molecule is Cc1cc(CN)cc(S(=O)(=O)N(C)Cc2cscn2)c1C. The van der Waals surface area contributed by atoms with Crippen molar-refractivity contribution in [3.8, 4) is 0 Å². The van der Waals surface area contributed by atoms with Gasteiger partial charge in [0.2, 0.25) is 10.0 Å². The number of nitrogens with zero attached hydrogens (tertiary/aromatic N) is 2. The highest BCUT2D eigenvalue weighted by Crippen LogP contribution is 2.24. The third kappa shape index (κ3) is 3.32. The molecule has 0 fully saturated rings. The van der Waals surface area contributed by atoms with Crippen molar-refractivity contribution in [2.24, 2.45) is 5.73 Å². The summed E-state index contributed by atoms with van der Waals surface area (Å²) in [7, 11) is -1.99.